The van der Waals surface area contributed by atoms with E-state index in [1.165, 1.54) is 7.05 Å². The summed E-state index contributed by atoms with van der Waals surface area (Å²) in [4.78, 5) is 23.8. The van der Waals surface area contributed by atoms with E-state index >= 15 is 0 Å². The first-order valence-electron chi connectivity index (χ1n) is 8.22. The molecule has 0 saturated carbocycles. The van der Waals surface area contributed by atoms with Crippen molar-refractivity contribution in [2.45, 2.75) is 6.54 Å². The van der Waals surface area contributed by atoms with Gasteiger partial charge in [0.25, 0.3) is 5.91 Å². The number of aromatic nitrogens is 2. The van der Waals surface area contributed by atoms with E-state index in [0.717, 1.165) is 11.1 Å². The molecular formula is C20H19N3O3. The van der Waals surface area contributed by atoms with Crippen LogP contribution in [-0.2, 0) is 16.1 Å². The lowest BCUT2D eigenvalue weighted by Gasteiger charge is -2.04. The van der Waals surface area contributed by atoms with Gasteiger partial charge < -0.3 is 10.1 Å². The van der Waals surface area contributed by atoms with Crippen LogP contribution in [0.5, 0.6) is 0 Å². The van der Waals surface area contributed by atoms with Gasteiger partial charge in [0.2, 0.25) is 0 Å². The van der Waals surface area contributed by atoms with Gasteiger partial charge in [-0.05, 0) is 5.56 Å². The van der Waals surface area contributed by atoms with Gasteiger partial charge in [0.1, 0.15) is 11.3 Å². The predicted octanol–water partition coefficient (Wildman–Crippen LogP) is 2.50. The molecule has 0 bridgehead atoms. The second kappa shape index (κ2) is 8.11. The first kappa shape index (κ1) is 17.4. The Labute approximate surface area is 151 Å². The smallest absolute Gasteiger partial charge is 0.342 e. The van der Waals surface area contributed by atoms with Crippen LogP contribution in [0.15, 0.2) is 66.9 Å². The molecule has 6 nitrogen and oxygen atoms in total. The molecule has 26 heavy (non-hydrogen) atoms. The van der Waals surface area contributed by atoms with Crippen LogP contribution in [0.4, 0.5) is 0 Å². The standard InChI is InChI=1S/C20H19N3O3/c1-21-18(24)14-26-20(25)17-13-23(12-15-8-4-2-5-9-15)22-19(17)16-10-6-3-7-11-16/h2-11,13H,12,14H2,1H3,(H,21,24). The molecule has 0 saturated heterocycles. The van der Waals surface area contributed by atoms with Crippen molar-refractivity contribution in [2.75, 3.05) is 13.7 Å². The molecule has 3 rings (SSSR count). The van der Waals surface area contributed by atoms with Crippen LogP contribution in [0.1, 0.15) is 15.9 Å². The van der Waals surface area contributed by atoms with E-state index in [2.05, 4.69) is 10.4 Å². The topological polar surface area (TPSA) is 73.2 Å². The summed E-state index contributed by atoms with van der Waals surface area (Å²) in [5, 5.41) is 6.98. The number of carbonyl (C=O) groups excluding carboxylic acids is 2. The van der Waals surface area contributed by atoms with Crippen molar-refractivity contribution in [1.29, 1.82) is 0 Å². The molecule has 132 valence electrons. The summed E-state index contributed by atoms with van der Waals surface area (Å²) in [7, 11) is 1.49. The lowest BCUT2D eigenvalue weighted by atomic mass is 10.1. The van der Waals surface area contributed by atoms with Crippen molar-refractivity contribution >= 4 is 11.9 Å². The molecule has 0 aliphatic rings. The minimum atomic E-state index is -0.577. The number of ether oxygens (including phenoxy) is 1. The van der Waals surface area contributed by atoms with E-state index in [-0.39, 0.29) is 12.5 Å². The highest BCUT2D eigenvalue weighted by atomic mass is 16.5. The third kappa shape index (κ3) is 4.16. The minimum Gasteiger partial charge on any atom is -0.452 e. The number of carbonyl (C=O) groups is 2. The third-order valence-electron chi connectivity index (χ3n) is 3.83. The zero-order valence-electron chi connectivity index (χ0n) is 14.4. The molecule has 0 spiro atoms. The van der Waals surface area contributed by atoms with Gasteiger partial charge in [-0.15, -0.1) is 0 Å². The second-order valence-electron chi connectivity index (χ2n) is 5.69. The number of amides is 1. The Hall–Kier alpha value is -3.41. The van der Waals surface area contributed by atoms with Crippen molar-refractivity contribution < 1.29 is 14.3 Å². The van der Waals surface area contributed by atoms with Crippen molar-refractivity contribution in [1.82, 2.24) is 15.1 Å². The van der Waals surface area contributed by atoms with Gasteiger partial charge >= 0.3 is 5.97 Å². The highest BCUT2D eigenvalue weighted by Crippen LogP contribution is 2.23. The maximum Gasteiger partial charge on any atom is 0.342 e. The largest absolute Gasteiger partial charge is 0.452 e. The molecule has 1 heterocycles. The van der Waals surface area contributed by atoms with E-state index in [4.69, 9.17) is 4.74 Å². The molecule has 0 aliphatic heterocycles. The number of likely N-dealkylation sites (N-methyl/N-ethyl adjacent to an activating group) is 1. The molecule has 0 atom stereocenters. The lowest BCUT2D eigenvalue weighted by molar-refractivity contribution is -0.123. The van der Waals surface area contributed by atoms with Crippen LogP contribution >= 0.6 is 0 Å². The Bertz CT molecular complexity index is 889. The Morgan fingerprint density at radius 3 is 2.35 bits per heavy atom. The summed E-state index contributed by atoms with van der Waals surface area (Å²) in [5.41, 5.74) is 2.74. The van der Waals surface area contributed by atoms with Gasteiger partial charge in [-0.1, -0.05) is 60.7 Å². The Morgan fingerprint density at radius 2 is 1.69 bits per heavy atom. The zero-order chi connectivity index (χ0) is 18.4. The van der Waals surface area contributed by atoms with Gasteiger partial charge in [-0.3, -0.25) is 9.48 Å². The molecule has 1 N–H and O–H groups in total. The lowest BCUT2D eigenvalue weighted by Crippen LogP contribution is -2.25. The van der Waals surface area contributed by atoms with E-state index in [1.54, 1.807) is 10.9 Å². The molecule has 6 heteroatoms. The van der Waals surface area contributed by atoms with Crippen LogP contribution in [0.3, 0.4) is 0 Å². The van der Waals surface area contributed by atoms with E-state index < -0.39 is 5.97 Å². The molecule has 3 aromatic rings. The van der Waals surface area contributed by atoms with Crippen molar-refractivity contribution in [2.24, 2.45) is 0 Å². The monoisotopic (exact) mass is 349 g/mol. The first-order valence-corrected chi connectivity index (χ1v) is 8.22. The summed E-state index contributed by atoms with van der Waals surface area (Å²) >= 11 is 0. The zero-order valence-corrected chi connectivity index (χ0v) is 14.4. The average molecular weight is 349 g/mol. The van der Waals surface area contributed by atoms with Crippen LogP contribution in [0, 0.1) is 0 Å². The molecule has 0 fully saturated rings. The number of nitrogens with one attached hydrogen (secondary N) is 1. The Balaban J connectivity index is 1.90. The number of nitrogens with zero attached hydrogens (tertiary/aromatic N) is 2. The maximum absolute atomic E-state index is 12.5. The van der Waals surface area contributed by atoms with Crippen LogP contribution < -0.4 is 5.32 Å². The maximum atomic E-state index is 12.5. The molecular weight excluding hydrogens is 330 g/mol. The molecule has 0 aliphatic carbocycles. The molecule has 0 radical (unpaired) electrons. The normalized spacial score (nSPS) is 10.3. The number of hydrogen-bond donors (Lipinski definition) is 1. The summed E-state index contributed by atoms with van der Waals surface area (Å²) in [5.74, 6) is -0.942. The van der Waals surface area contributed by atoms with Crippen LogP contribution in [0.2, 0.25) is 0 Å². The third-order valence-corrected chi connectivity index (χ3v) is 3.83. The van der Waals surface area contributed by atoms with Crippen LogP contribution in [-0.4, -0.2) is 35.3 Å². The van der Waals surface area contributed by atoms with Crippen molar-refractivity contribution in [3.8, 4) is 11.3 Å². The highest BCUT2D eigenvalue weighted by molar-refractivity contribution is 5.97. The van der Waals surface area contributed by atoms with Gasteiger partial charge in [0.05, 0.1) is 6.54 Å². The number of hydrogen-bond acceptors (Lipinski definition) is 4. The predicted molar refractivity (Wildman–Crippen MR) is 97.6 cm³/mol. The minimum absolute atomic E-state index is 0.326. The number of benzene rings is 2. The van der Waals surface area contributed by atoms with E-state index in [0.29, 0.717) is 17.8 Å². The number of rotatable bonds is 6. The fourth-order valence-corrected chi connectivity index (χ4v) is 2.51. The van der Waals surface area contributed by atoms with Gasteiger partial charge in [-0.2, -0.15) is 5.10 Å². The van der Waals surface area contributed by atoms with Gasteiger partial charge in [0.15, 0.2) is 6.61 Å². The second-order valence-corrected chi connectivity index (χ2v) is 5.69. The highest BCUT2D eigenvalue weighted by Gasteiger charge is 2.20. The Morgan fingerprint density at radius 1 is 1.04 bits per heavy atom. The molecule has 0 unspecified atom stereocenters. The first-order chi connectivity index (χ1) is 12.7. The summed E-state index contributed by atoms with van der Waals surface area (Å²) < 4.78 is 6.80. The summed E-state index contributed by atoms with van der Waals surface area (Å²) in [6.07, 6.45) is 1.65. The molecule has 2 aromatic carbocycles. The van der Waals surface area contributed by atoms with Crippen LogP contribution in [0.25, 0.3) is 11.3 Å². The SMILES string of the molecule is CNC(=O)COC(=O)c1cn(Cc2ccccc2)nc1-c1ccccc1. The van der Waals surface area contributed by atoms with Crippen molar-refractivity contribution in [3.63, 3.8) is 0 Å². The van der Waals surface area contributed by atoms with Gasteiger partial charge in [0, 0.05) is 18.8 Å². The fraction of sp³-hybridized carbons (Fsp3) is 0.150. The van der Waals surface area contributed by atoms with E-state index in [9.17, 15) is 9.59 Å². The number of esters is 1. The average Bonchev–Trinajstić information content (AvgIpc) is 3.11. The van der Waals surface area contributed by atoms with Gasteiger partial charge in [-0.25, -0.2) is 4.79 Å². The van der Waals surface area contributed by atoms with E-state index in [1.807, 2.05) is 60.7 Å². The summed E-state index contributed by atoms with van der Waals surface area (Å²) in [6.45, 7) is 0.205. The molecule has 1 amide bonds. The fourth-order valence-electron chi connectivity index (χ4n) is 2.51. The Kier molecular flexibility index (Phi) is 5.43. The quantitative estimate of drug-likeness (QED) is 0.694. The van der Waals surface area contributed by atoms with Crippen molar-refractivity contribution in [3.05, 3.63) is 78.0 Å². The summed E-state index contributed by atoms with van der Waals surface area (Å²) in [6, 6.07) is 19.3. The molecule has 1 aromatic heterocycles.